The average molecular weight is 338 g/mol. The highest BCUT2D eigenvalue weighted by molar-refractivity contribution is 5.66. The number of aliphatic carboxylic acids is 1. The molecule has 0 unspecified atom stereocenters. The lowest BCUT2D eigenvalue weighted by atomic mass is 9.46. The molecule has 2 rings (SSSR count). The minimum absolute atomic E-state index is 0.0386. The highest BCUT2D eigenvalue weighted by atomic mass is 16.4. The number of carboxylic acids is 1. The zero-order valence-electron chi connectivity index (χ0n) is 15.4. The van der Waals surface area contributed by atoms with E-state index in [0.29, 0.717) is 11.8 Å². The van der Waals surface area contributed by atoms with Gasteiger partial charge in [-0.05, 0) is 67.3 Å². The van der Waals surface area contributed by atoms with E-state index in [0.717, 1.165) is 44.1 Å². The van der Waals surface area contributed by atoms with Crippen molar-refractivity contribution in [1.29, 1.82) is 0 Å². The molecule has 1 fully saturated rings. The molecule has 0 bridgehead atoms. The second-order valence-corrected chi connectivity index (χ2v) is 8.52. The fraction of sp³-hybridized carbons (Fsp3) is 0.850. The van der Waals surface area contributed by atoms with Gasteiger partial charge in [0.2, 0.25) is 0 Å². The van der Waals surface area contributed by atoms with Crippen molar-refractivity contribution in [3.8, 4) is 0 Å². The maximum atomic E-state index is 10.9. The summed E-state index contributed by atoms with van der Waals surface area (Å²) in [4.78, 5) is 10.9. The van der Waals surface area contributed by atoms with E-state index in [9.17, 15) is 15.0 Å². The zero-order valence-corrected chi connectivity index (χ0v) is 15.4. The molecule has 0 aromatic rings. The maximum Gasteiger partial charge on any atom is 0.303 e. The van der Waals surface area contributed by atoms with Crippen molar-refractivity contribution in [2.24, 2.45) is 28.6 Å². The Kier molecular flexibility index (Phi) is 6.14. The average Bonchev–Trinajstić information content (AvgIpc) is 2.55. The Labute approximate surface area is 146 Å². The molecule has 1 saturated carbocycles. The molecule has 0 aromatic heterocycles. The van der Waals surface area contributed by atoms with Crippen LogP contribution in [0.15, 0.2) is 11.6 Å². The van der Waals surface area contributed by atoms with Crippen LogP contribution in [0.1, 0.15) is 65.7 Å². The predicted molar refractivity (Wildman–Crippen MR) is 94.6 cm³/mol. The molecule has 0 aliphatic heterocycles. The van der Waals surface area contributed by atoms with Crippen LogP contribution in [-0.4, -0.2) is 34.5 Å². The van der Waals surface area contributed by atoms with Crippen LogP contribution in [0, 0.1) is 28.6 Å². The lowest BCUT2D eigenvalue weighted by Gasteiger charge is -2.59. The van der Waals surface area contributed by atoms with E-state index in [1.54, 1.807) is 0 Å². The smallest absolute Gasteiger partial charge is 0.303 e. The van der Waals surface area contributed by atoms with E-state index < -0.39 is 5.97 Å². The van der Waals surface area contributed by atoms with Gasteiger partial charge >= 0.3 is 5.97 Å². The fourth-order valence-electron chi connectivity index (χ4n) is 5.46. The van der Waals surface area contributed by atoms with Gasteiger partial charge in [-0.3, -0.25) is 4.79 Å². The molecule has 0 heterocycles. The zero-order chi connectivity index (χ0) is 18.0. The van der Waals surface area contributed by atoms with Crippen molar-refractivity contribution in [2.75, 3.05) is 13.2 Å². The van der Waals surface area contributed by atoms with Crippen molar-refractivity contribution >= 4 is 5.97 Å². The number of carboxylic acid groups (broad SMARTS) is 1. The molecule has 0 spiro atoms. The molecule has 5 atom stereocenters. The molecule has 0 radical (unpaired) electrons. The van der Waals surface area contributed by atoms with E-state index in [1.165, 1.54) is 0 Å². The van der Waals surface area contributed by atoms with Crippen LogP contribution < -0.4 is 0 Å². The minimum atomic E-state index is -0.725. The Balaban J connectivity index is 2.23. The predicted octanol–water partition coefficient (Wildman–Crippen LogP) is 3.62. The molecule has 0 saturated heterocycles. The SMILES string of the molecule is C[C@H](CC[C@@]1(C)[C@@H](C)CC[C@@]2(CO)C(CO)=CCC[C@@H]21)CC(=O)O. The molecular formula is C20H34O4. The van der Waals surface area contributed by atoms with Crippen molar-refractivity contribution < 1.29 is 20.1 Å². The van der Waals surface area contributed by atoms with Crippen LogP contribution >= 0.6 is 0 Å². The van der Waals surface area contributed by atoms with E-state index >= 15 is 0 Å². The van der Waals surface area contributed by atoms with E-state index in [2.05, 4.69) is 19.9 Å². The summed E-state index contributed by atoms with van der Waals surface area (Å²) in [7, 11) is 0. The van der Waals surface area contributed by atoms with Crippen molar-refractivity contribution in [1.82, 2.24) is 0 Å². The fourth-order valence-corrected chi connectivity index (χ4v) is 5.46. The van der Waals surface area contributed by atoms with Crippen LogP contribution in [0.2, 0.25) is 0 Å². The highest BCUT2D eigenvalue weighted by Crippen LogP contribution is 2.61. The number of aliphatic hydroxyl groups excluding tert-OH is 2. The summed E-state index contributed by atoms with van der Waals surface area (Å²) in [6.07, 6.45) is 8.28. The molecule has 4 heteroatoms. The summed E-state index contributed by atoms with van der Waals surface area (Å²) in [6, 6.07) is 0. The Morgan fingerprint density at radius 2 is 2.08 bits per heavy atom. The van der Waals surface area contributed by atoms with Gasteiger partial charge in [0.25, 0.3) is 0 Å². The first kappa shape index (κ1) is 19.5. The van der Waals surface area contributed by atoms with Crippen LogP contribution in [0.3, 0.4) is 0 Å². The summed E-state index contributed by atoms with van der Waals surface area (Å²) in [5.41, 5.74) is 0.838. The van der Waals surface area contributed by atoms with Gasteiger partial charge < -0.3 is 15.3 Å². The van der Waals surface area contributed by atoms with Crippen LogP contribution in [-0.2, 0) is 4.79 Å². The van der Waals surface area contributed by atoms with Gasteiger partial charge in [-0.2, -0.15) is 0 Å². The maximum absolute atomic E-state index is 10.9. The van der Waals surface area contributed by atoms with Gasteiger partial charge in [-0.1, -0.05) is 26.8 Å². The second kappa shape index (κ2) is 7.57. The monoisotopic (exact) mass is 338 g/mol. The van der Waals surface area contributed by atoms with Crippen LogP contribution in [0.25, 0.3) is 0 Å². The third-order valence-corrected chi connectivity index (χ3v) is 7.25. The Morgan fingerprint density at radius 1 is 1.38 bits per heavy atom. The van der Waals surface area contributed by atoms with Gasteiger partial charge in [-0.25, -0.2) is 0 Å². The molecule has 24 heavy (non-hydrogen) atoms. The molecule has 3 N–H and O–H groups in total. The van der Waals surface area contributed by atoms with Gasteiger partial charge in [0.15, 0.2) is 0 Å². The second-order valence-electron chi connectivity index (χ2n) is 8.52. The highest BCUT2D eigenvalue weighted by Gasteiger charge is 2.55. The molecule has 138 valence electrons. The number of rotatable bonds is 7. The molecule has 4 nitrogen and oxygen atoms in total. The van der Waals surface area contributed by atoms with Crippen molar-refractivity contribution in [3.63, 3.8) is 0 Å². The van der Waals surface area contributed by atoms with E-state index in [-0.39, 0.29) is 36.4 Å². The lowest BCUT2D eigenvalue weighted by molar-refractivity contribution is -0.138. The summed E-state index contributed by atoms with van der Waals surface area (Å²) >= 11 is 0. The first-order valence-corrected chi connectivity index (χ1v) is 9.43. The summed E-state index contributed by atoms with van der Waals surface area (Å²) < 4.78 is 0. The number of aliphatic hydroxyl groups is 2. The van der Waals surface area contributed by atoms with Gasteiger partial charge in [0, 0.05) is 11.8 Å². The Bertz CT molecular complexity index is 486. The number of hydrogen-bond acceptors (Lipinski definition) is 3. The number of fused-ring (bicyclic) bond motifs is 1. The third kappa shape index (κ3) is 3.41. The van der Waals surface area contributed by atoms with Gasteiger partial charge in [0.1, 0.15) is 0 Å². The van der Waals surface area contributed by atoms with Crippen molar-refractivity contribution in [2.45, 2.75) is 65.7 Å². The molecule has 2 aliphatic rings. The standard InChI is InChI=1S/C20H34O4/c1-14(11-18(23)24)7-9-19(3)15(2)8-10-20(13-22)16(12-21)5-4-6-17(19)20/h5,14-15,17,21-22H,4,6-13H2,1-3H3,(H,23,24)/t14-,15+,17-,19+,20-/m1/s1. The lowest BCUT2D eigenvalue weighted by Crippen LogP contribution is -2.53. The van der Waals surface area contributed by atoms with E-state index in [4.69, 9.17) is 5.11 Å². The first-order chi connectivity index (χ1) is 11.3. The quantitative estimate of drug-likeness (QED) is 0.620. The first-order valence-electron chi connectivity index (χ1n) is 9.43. The summed E-state index contributed by atoms with van der Waals surface area (Å²) in [5.74, 6) is 0.366. The van der Waals surface area contributed by atoms with Gasteiger partial charge in [-0.15, -0.1) is 0 Å². The van der Waals surface area contributed by atoms with Crippen molar-refractivity contribution in [3.05, 3.63) is 11.6 Å². The van der Waals surface area contributed by atoms with E-state index in [1.807, 2.05) is 6.92 Å². The van der Waals surface area contributed by atoms with Gasteiger partial charge in [0.05, 0.1) is 13.2 Å². The third-order valence-electron chi connectivity index (χ3n) is 7.25. The number of carbonyl (C=O) groups is 1. The largest absolute Gasteiger partial charge is 0.481 e. The molecule has 0 aromatic carbocycles. The topological polar surface area (TPSA) is 77.8 Å². The molecule has 0 amide bonds. The molecular weight excluding hydrogens is 304 g/mol. The number of hydrogen-bond donors (Lipinski definition) is 3. The summed E-state index contributed by atoms with van der Waals surface area (Å²) in [6.45, 7) is 6.80. The van der Waals surface area contributed by atoms with Crippen LogP contribution in [0.4, 0.5) is 0 Å². The Hall–Kier alpha value is -0.870. The molecule has 2 aliphatic carbocycles. The minimum Gasteiger partial charge on any atom is -0.481 e. The Morgan fingerprint density at radius 3 is 2.67 bits per heavy atom. The van der Waals surface area contributed by atoms with Crippen LogP contribution in [0.5, 0.6) is 0 Å². The number of allylic oxidation sites excluding steroid dienone is 1. The normalized spacial score (nSPS) is 37.5. The summed E-state index contributed by atoms with van der Waals surface area (Å²) in [5, 5.41) is 29.1.